The molecule has 0 amide bonds. The van der Waals surface area contributed by atoms with E-state index in [2.05, 4.69) is 24.0 Å². The molecule has 0 fully saturated rings. The van der Waals surface area contributed by atoms with E-state index in [0.717, 1.165) is 5.01 Å². The first-order chi connectivity index (χ1) is 8.61. The minimum Gasteiger partial charge on any atom is -0.477 e. The van der Waals surface area contributed by atoms with E-state index in [-0.39, 0.29) is 0 Å². The quantitative estimate of drug-likeness (QED) is 0.918. The molecule has 0 saturated carbocycles. The number of carboxylic acids is 1. The summed E-state index contributed by atoms with van der Waals surface area (Å²) in [6, 6.07) is 8.11. The Balaban J connectivity index is 2.30. The topological polar surface area (TPSA) is 50.2 Å². The molecule has 1 N–H and O–H groups in total. The van der Waals surface area contributed by atoms with Gasteiger partial charge in [0.2, 0.25) is 0 Å². The van der Waals surface area contributed by atoms with Crippen molar-refractivity contribution in [3.8, 4) is 0 Å². The van der Waals surface area contributed by atoms with Gasteiger partial charge in [-0.1, -0.05) is 31.2 Å². The molecule has 0 aliphatic carbocycles. The lowest BCUT2D eigenvalue weighted by Crippen LogP contribution is -1.97. The van der Waals surface area contributed by atoms with E-state index < -0.39 is 5.97 Å². The molecule has 0 unspecified atom stereocenters. The fourth-order valence-corrected chi connectivity index (χ4v) is 2.87. The van der Waals surface area contributed by atoms with Crippen molar-refractivity contribution >= 4 is 17.3 Å². The van der Waals surface area contributed by atoms with Crippen LogP contribution in [0.25, 0.3) is 0 Å². The monoisotopic (exact) mass is 261 g/mol. The molecule has 0 radical (unpaired) electrons. The van der Waals surface area contributed by atoms with Gasteiger partial charge < -0.3 is 5.11 Å². The zero-order chi connectivity index (χ0) is 13.1. The highest BCUT2D eigenvalue weighted by atomic mass is 32.1. The van der Waals surface area contributed by atoms with Gasteiger partial charge in [0.1, 0.15) is 4.88 Å². The van der Waals surface area contributed by atoms with Crippen LogP contribution in [0.15, 0.2) is 24.3 Å². The van der Waals surface area contributed by atoms with Crippen LogP contribution >= 0.6 is 11.3 Å². The minimum absolute atomic E-state index is 0.376. The Morgan fingerprint density at radius 3 is 2.67 bits per heavy atom. The fraction of sp³-hybridized carbons (Fsp3) is 0.286. The van der Waals surface area contributed by atoms with Crippen molar-refractivity contribution in [1.82, 2.24) is 4.98 Å². The maximum atomic E-state index is 11.1. The lowest BCUT2D eigenvalue weighted by atomic mass is 10.1. The van der Waals surface area contributed by atoms with Gasteiger partial charge in [-0.3, -0.25) is 0 Å². The molecule has 0 saturated heterocycles. The molecule has 94 valence electrons. The van der Waals surface area contributed by atoms with Gasteiger partial charge in [-0.2, -0.15) is 0 Å². The van der Waals surface area contributed by atoms with E-state index in [1.807, 2.05) is 19.1 Å². The summed E-state index contributed by atoms with van der Waals surface area (Å²) in [7, 11) is 0. The van der Waals surface area contributed by atoms with Crippen LogP contribution in [0.5, 0.6) is 0 Å². The first kappa shape index (κ1) is 12.8. The van der Waals surface area contributed by atoms with Crippen molar-refractivity contribution < 1.29 is 9.90 Å². The van der Waals surface area contributed by atoms with Crippen molar-refractivity contribution in [2.24, 2.45) is 0 Å². The maximum absolute atomic E-state index is 11.1. The molecule has 0 aliphatic heterocycles. The zero-order valence-electron chi connectivity index (χ0n) is 10.4. The lowest BCUT2D eigenvalue weighted by Gasteiger charge is -2.01. The summed E-state index contributed by atoms with van der Waals surface area (Å²) in [6.07, 6.45) is 1.36. The molecular formula is C14H15NO2S. The second kappa shape index (κ2) is 5.31. The number of hydrogen-bond donors (Lipinski definition) is 1. The number of benzene rings is 1. The molecular weight excluding hydrogens is 246 g/mol. The number of aryl methyl sites for hydroxylation is 2. The Labute approximate surface area is 110 Å². The second-order valence-electron chi connectivity index (χ2n) is 4.15. The predicted molar refractivity (Wildman–Crippen MR) is 72.4 cm³/mol. The molecule has 0 spiro atoms. The summed E-state index contributed by atoms with van der Waals surface area (Å²) >= 11 is 1.29. The van der Waals surface area contributed by atoms with Crippen molar-refractivity contribution in [1.29, 1.82) is 0 Å². The number of rotatable bonds is 4. The van der Waals surface area contributed by atoms with Crippen LogP contribution in [0.3, 0.4) is 0 Å². The Morgan fingerprint density at radius 2 is 2.11 bits per heavy atom. The molecule has 0 aliphatic rings. The van der Waals surface area contributed by atoms with Crippen LogP contribution in [-0.4, -0.2) is 16.1 Å². The number of nitrogens with zero attached hydrogens (tertiary/aromatic N) is 1. The van der Waals surface area contributed by atoms with Gasteiger partial charge in [-0.05, 0) is 24.5 Å². The Hall–Kier alpha value is -1.68. The molecule has 3 nitrogen and oxygen atoms in total. The largest absolute Gasteiger partial charge is 0.477 e. The number of carboxylic acid groups (broad SMARTS) is 1. The lowest BCUT2D eigenvalue weighted by molar-refractivity contribution is 0.0701. The van der Waals surface area contributed by atoms with Crippen LogP contribution in [0.2, 0.25) is 0 Å². The molecule has 2 aromatic rings. The third kappa shape index (κ3) is 2.59. The number of aromatic carboxylic acids is 1. The molecule has 18 heavy (non-hydrogen) atoms. The van der Waals surface area contributed by atoms with Crippen LogP contribution in [0.1, 0.15) is 38.4 Å². The van der Waals surface area contributed by atoms with Crippen LogP contribution in [0, 0.1) is 6.92 Å². The maximum Gasteiger partial charge on any atom is 0.347 e. The molecule has 0 atom stereocenters. The highest BCUT2D eigenvalue weighted by Gasteiger charge is 2.16. The van der Waals surface area contributed by atoms with Gasteiger partial charge in [0, 0.05) is 6.42 Å². The third-order valence-corrected chi connectivity index (χ3v) is 3.96. The van der Waals surface area contributed by atoms with Gasteiger partial charge in [0.25, 0.3) is 0 Å². The van der Waals surface area contributed by atoms with Gasteiger partial charge in [-0.15, -0.1) is 11.3 Å². The number of hydrogen-bond acceptors (Lipinski definition) is 3. The average Bonchev–Trinajstić information content (AvgIpc) is 2.75. The highest BCUT2D eigenvalue weighted by molar-refractivity contribution is 7.13. The van der Waals surface area contributed by atoms with Crippen molar-refractivity contribution in [3.05, 3.63) is 51.0 Å². The smallest absolute Gasteiger partial charge is 0.347 e. The second-order valence-corrected chi connectivity index (χ2v) is 5.23. The van der Waals surface area contributed by atoms with E-state index in [9.17, 15) is 4.79 Å². The summed E-state index contributed by atoms with van der Waals surface area (Å²) < 4.78 is 0. The Kier molecular flexibility index (Phi) is 3.77. The van der Waals surface area contributed by atoms with Gasteiger partial charge in [0.05, 0.1) is 10.7 Å². The molecule has 1 aromatic heterocycles. The van der Waals surface area contributed by atoms with E-state index >= 15 is 0 Å². The Bertz CT molecular complexity index is 575. The fourth-order valence-electron chi connectivity index (χ4n) is 1.85. The van der Waals surface area contributed by atoms with E-state index in [1.54, 1.807) is 0 Å². The summed E-state index contributed by atoms with van der Waals surface area (Å²) in [5.74, 6) is -0.875. The van der Waals surface area contributed by atoms with Crippen LogP contribution in [-0.2, 0) is 12.8 Å². The van der Waals surface area contributed by atoms with Crippen molar-refractivity contribution in [2.45, 2.75) is 26.7 Å². The first-order valence-corrected chi connectivity index (χ1v) is 6.69. The number of carbonyl (C=O) groups is 1. The average molecular weight is 261 g/mol. The normalized spacial score (nSPS) is 10.6. The first-order valence-electron chi connectivity index (χ1n) is 5.88. The summed E-state index contributed by atoms with van der Waals surface area (Å²) in [6.45, 7) is 3.99. The van der Waals surface area contributed by atoms with Gasteiger partial charge in [0.15, 0.2) is 0 Å². The van der Waals surface area contributed by atoms with E-state index in [0.29, 0.717) is 23.4 Å². The third-order valence-electron chi connectivity index (χ3n) is 2.87. The molecule has 2 rings (SSSR count). The number of thiazole rings is 1. The van der Waals surface area contributed by atoms with E-state index in [1.165, 1.54) is 22.5 Å². The van der Waals surface area contributed by atoms with Gasteiger partial charge >= 0.3 is 5.97 Å². The molecule has 0 bridgehead atoms. The predicted octanol–water partition coefficient (Wildman–Crippen LogP) is 3.30. The summed E-state index contributed by atoms with van der Waals surface area (Å²) in [5, 5.41) is 9.97. The Morgan fingerprint density at radius 1 is 1.39 bits per heavy atom. The van der Waals surface area contributed by atoms with Crippen LogP contribution < -0.4 is 0 Å². The van der Waals surface area contributed by atoms with Gasteiger partial charge in [-0.25, -0.2) is 9.78 Å². The van der Waals surface area contributed by atoms with Crippen LogP contribution in [0.4, 0.5) is 0 Å². The molecule has 1 heterocycles. The van der Waals surface area contributed by atoms with E-state index in [4.69, 9.17) is 5.11 Å². The number of aromatic nitrogens is 1. The summed E-state index contributed by atoms with van der Waals surface area (Å²) in [4.78, 5) is 15.9. The standard InChI is InChI=1S/C14H15NO2S/c1-3-11-13(14(16)17)18-12(15-11)8-10-7-5-4-6-9(10)2/h4-7H,3,8H2,1-2H3,(H,16,17). The van der Waals surface area contributed by atoms with Crippen molar-refractivity contribution in [3.63, 3.8) is 0 Å². The highest BCUT2D eigenvalue weighted by Crippen LogP contribution is 2.22. The molecule has 4 heteroatoms. The van der Waals surface area contributed by atoms with Crippen molar-refractivity contribution in [2.75, 3.05) is 0 Å². The summed E-state index contributed by atoms with van der Waals surface area (Å²) in [5.41, 5.74) is 3.10. The molecule has 1 aromatic carbocycles. The minimum atomic E-state index is -0.875. The SMILES string of the molecule is CCc1nc(Cc2ccccc2C)sc1C(=O)O. The zero-order valence-corrected chi connectivity index (χ0v) is 11.3.